The molecule has 6 rings (SSSR count). The predicted octanol–water partition coefficient (Wildman–Crippen LogP) is 6.10. The SMILES string of the molecule is Cc1cc(C(=O)NC2CCN(C(=O)O)C(C)C2)ccc1-c1ccc(C[C@H](NC(=O)[C@H]2CC[C@H](CNC(=O)OC(C)(C)C)CC2)C(=O)Nc2ccc(-c3nn[nH]n3)cc2)cc1. The van der Waals surface area contributed by atoms with Crippen molar-refractivity contribution in [1.29, 1.82) is 0 Å². The van der Waals surface area contributed by atoms with E-state index in [1.165, 1.54) is 4.90 Å². The number of alkyl carbamates (subject to hydrolysis) is 1. The van der Waals surface area contributed by atoms with Crippen molar-refractivity contribution in [3.8, 4) is 22.5 Å². The number of piperidine rings is 1. The predicted molar refractivity (Wildman–Crippen MR) is 225 cm³/mol. The summed E-state index contributed by atoms with van der Waals surface area (Å²) in [6.07, 6.45) is 2.76. The molecule has 2 heterocycles. The number of tetrazole rings is 1. The standard InChI is InChI=1S/C44H55N9O7/c1-26-22-33(40(55)47-35-20-21-53(43(58)59)27(2)23-35)16-19-36(26)30-10-6-28(7-11-30)24-37(41(56)46-34-17-14-31(15-18-34)38-49-51-52-50-38)48-39(54)32-12-8-29(9-13-32)25-45-42(57)60-44(3,4)5/h6-7,10-11,14-19,22,27,29,32,35,37H,8-9,12-13,20-21,23-25H2,1-5H3,(H,45,57)(H,46,56)(H,47,55)(H,48,54)(H,58,59)(H,49,50,51,52)/t27?,29-,32-,35?,37-/m0/s1. The minimum atomic E-state index is -0.943. The molecule has 1 aromatic heterocycles. The first-order valence-electron chi connectivity index (χ1n) is 20.5. The van der Waals surface area contributed by atoms with E-state index in [9.17, 15) is 29.1 Å². The molecule has 2 unspecified atom stereocenters. The summed E-state index contributed by atoms with van der Waals surface area (Å²) in [6, 6.07) is 19.2. The highest BCUT2D eigenvalue weighted by atomic mass is 16.6. The summed E-state index contributed by atoms with van der Waals surface area (Å²) in [5.41, 5.74) is 4.86. The fraction of sp³-hybridized carbons (Fsp3) is 0.455. The van der Waals surface area contributed by atoms with Crippen LogP contribution >= 0.6 is 0 Å². The largest absolute Gasteiger partial charge is 0.465 e. The normalized spacial score (nSPS) is 19.7. The minimum Gasteiger partial charge on any atom is -0.465 e. The van der Waals surface area contributed by atoms with Crippen LogP contribution in [-0.2, 0) is 20.7 Å². The fourth-order valence-corrected chi connectivity index (χ4v) is 7.93. The summed E-state index contributed by atoms with van der Waals surface area (Å²) in [7, 11) is 0. The number of hydrogen-bond acceptors (Lipinski definition) is 9. The lowest BCUT2D eigenvalue weighted by Crippen LogP contribution is -2.50. The highest BCUT2D eigenvalue weighted by Gasteiger charge is 2.31. The monoisotopic (exact) mass is 821 g/mol. The molecule has 2 fully saturated rings. The molecule has 60 heavy (non-hydrogen) atoms. The summed E-state index contributed by atoms with van der Waals surface area (Å²) in [6.45, 7) is 10.1. The van der Waals surface area contributed by atoms with Gasteiger partial charge in [-0.25, -0.2) is 9.59 Å². The van der Waals surface area contributed by atoms with Gasteiger partial charge in [0.15, 0.2) is 0 Å². The maximum atomic E-state index is 13.9. The molecule has 2 aliphatic rings. The van der Waals surface area contributed by atoms with Gasteiger partial charge in [-0.05, 0) is 143 Å². The second-order valence-electron chi connectivity index (χ2n) is 16.9. The molecule has 1 saturated carbocycles. The van der Waals surface area contributed by atoms with Gasteiger partial charge in [0.05, 0.1) is 0 Å². The molecule has 6 N–H and O–H groups in total. The number of hydrogen-bond donors (Lipinski definition) is 6. The van der Waals surface area contributed by atoms with E-state index in [4.69, 9.17) is 4.74 Å². The molecule has 5 amide bonds. The fourth-order valence-electron chi connectivity index (χ4n) is 7.93. The second kappa shape index (κ2) is 19.2. The number of nitrogens with one attached hydrogen (secondary N) is 5. The summed E-state index contributed by atoms with van der Waals surface area (Å²) in [5, 5.41) is 35.3. The molecule has 0 radical (unpaired) electrons. The Balaban J connectivity index is 1.09. The first-order chi connectivity index (χ1) is 28.6. The van der Waals surface area contributed by atoms with Crippen LogP contribution < -0.4 is 21.3 Å². The quantitative estimate of drug-likeness (QED) is 0.0964. The number of ether oxygens (including phenoxy) is 1. The Morgan fingerprint density at radius 1 is 0.933 bits per heavy atom. The number of aromatic nitrogens is 4. The number of rotatable bonds is 12. The molecule has 3 aromatic carbocycles. The van der Waals surface area contributed by atoms with Crippen molar-refractivity contribution in [3.05, 3.63) is 83.4 Å². The molecule has 1 saturated heterocycles. The van der Waals surface area contributed by atoms with Crippen molar-refractivity contribution >= 4 is 35.6 Å². The molecule has 4 aromatic rings. The van der Waals surface area contributed by atoms with Gasteiger partial charge in [-0.15, -0.1) is 10.2 Å². The van der Waals surface area contributed by atoms with Crippen LogP contribution in [0.3, 0.4) is 0 Å². The van der Waals surface area contributed by atoms with E-state index in [0.29, 0.717) is 55.8 Å². The average Bonchev–Trinajstić information content (AvgIpc) is 3.75. The van der Waals surface area contributed by atoms with Crippen LogP contribution in [0, 0.1) is 18.8 Å². The highest BCUT2D eigenvalue weighted by Crippen LogP contribution is 2.30. The number of carbonyl (C=O) groups is 5. The van der Waals surface area contributed by atoms with Crippen molar-refractivity contribution < 1.29 is 33.8 Å². The van der Waals surface area contributed by atoms with Gasteiger partial charge in [0.25, 0.3) is 5.91 Å². The van der Waals surface area contributed by atoms with Gasteiger partial charge in [0.2, 0.25) is 17.6 Å². The number of amides is 5. The van der Waals surface area contributed by atoms with Gasteiger partial charge in [-0.1, -0.05) is 30.3 Å². The van der Waals surface area contributed by atoms with E-state index >= 15 is 0 Å². The number of carbonyl (C=O) groups excluding carboxylic acids is 4. The lowest BCUT2D eigenvalue weighted by Gasteiger charge is -2.36. The van der Waals surface area contributed by atoms with Gasteiger partial charge in [-0.3, -0.25) is 14.4 Å². The third-order valence-electron chi connectivity index (χ3n) is 11.2. The Morgan fingerprint density at radius 3 is 2.25 bits per heavy atom. The number of likely N-dealkylation sites (tertiary alicyclic amines) is 1. The van der Waals surface area contributed by atoms with E-state index in [2.05, 4.69) is 41.9 Å². The maximum Gasteiger partial charge on any atom is 0.407 e. The Bertz CT molecular complexity index is 2130. The van der Waals surface area contributed by atoms with Crippen LogP contribution in [0.15, 0.2) is 66.7 Å². The van der Waals surface area contributed by atoms with Crippen LogP contribution in [0.25, 0.3) is 22.5 Å². The van der Waals surface area contributed by atoms with E-state index in [0.717, 1.165) is 40.7 Å². The first kappa shape index (κ1) is 43.3. The maximum absolute atomic E-state index is 13.9. The van der Waals surface area contributed by atoms with Crippen molar-refractivity contribution in [3.63, 3.8) is 0 Å². The van der Waals surface area contributed by atoms with Gasteiger partial charge >= 0.3 is 12.2 Å². The topological polar surface area (TPSA) is 221 Å². The Labute approximate surface area is 349 Å². The Hall–Kier alpha value is -6.32. The molecule has 0 bridgehead atoms. The summed E-state index contributed by atoms with van der Waals surface area (Å²) < 4.78 is 5.36. The molecule has 318 valence electrons. The van der Waals surface area contributed by atoms with E-state index in [1.54, 1.807) is 30.3 Å². The van der Waals surface area contributed by atoms with Crippen LogP contribution in [0.1, 0.15) is 87.7 Å². The zero-order chi connectivity index (χ0) is 43.0. The first-order valence-corrected chi connectivity index (χ1v) is 20.5. The third-order valence-corrected chi connectivity index (χ3v) is 11.2. The summed E-state index contributed by atoms with van der Waals surface area (Å²) in [5.74, 6) is -0.352. The number of aromatic amines is 1. The van der Waals surface area contributed by atoms with E-state index in [-0.39, 0.29) is 48.1 Å². The van der Waals surface area contributed by atoms with Gasteiger partial charge < -0.3 is 36.0 Å². The molecule has 0 spiro atoms. The third kappa shape index (κ3) is 11.7. The molecule has 1 aliphatic carbocycles. The van der Waals surface area contributed by atoms with Crippen molar-refractivity contribution in [2.45, 2.75) is 103 Å². The number of aryl methyl sites for hydroxylation is 1. The lowest BCUT2D eigenvalue weighted by atomic mass is 9.81. The number of carboxylic acid groups (broad SMARTS) is 1. The van der Waals surface area contributed by atoms with Crippen molar-refractivity contribution in [1.82, 2.24) is 41.5 Å². The summed E-state index contributed by atoms with van der Waals surface area (Å²) in [4.78, 5) is 65.8. The molecule has 16 nitrogen and oxygen atoms in total. The smallest absolute Gasteiger partial charge is 0.407 e. The highest BCUT2D eigenvalue weighted by molar-refractivity contribution is 5.98. The van der Waals surface area contributed by atoms with Crippen molar-refractivity contribution in [2.75, 3.05) is 18.4 Å². The molecule has 16 heteroatoms. The second-order valence-corrected chi connectivity index (χ2v) is 16.9. The van der Waals surface area contributed by atoms with E-state index < -0.39 is 23.8 Å². The van der Waals surface area contributed by atoms with Gasteiger partial charge in [0, 0.05) is 54.3 Å². The zero-order valence-corrected chi connectivity index (χ0v) is 34.8. The molecular weight excluding hydrogens is 767 g/mol. The number of benzene rings is 3. The van der Waals surface area contributed by atoms with Crippen LogP contribution in [0.4, 0.5) is 15.3 Å². The molecule has 1 aliphatic heterocycles. The number of nitrogens with zero attached hydrogens (tertiary/aromatic N) is 4. The lowest BCUT2D eigenvalue weighted by molar-refractivity contribution is -0.130. The number of H-pyrrole nitrogens is 1. The van der Waals surface area contributed by atoms with Gasteiger partial charge in [-0.2, -0.15) is 5.21 Å². The van der Waals surface area contributed by atoms with Crippen LogP contribution in [0.5, 0.6) is 0 Å². The Kier molecular flexibility index (Phi) is 13.8. The minimum absolute atomic E-state index is 0.107. The zero-order valence-electron chi connectivity index (χ0n) is 34.8. The molecular formula is C44H55N9O7. The summed E-state index contributed by atoms with van der Waals surface area (Å²) >= 11 is 0. The Morgan fingerprint density at radius 2 is 1.63 bits per heavy atom. The van der Waals surface area contributed by atoms with Crippen LogP contribution in [0.2, 0.25) is 0 Å². The van der Waals surface area contributed by atoms with Crippen molar-refractivity contribution in [2.24, 2.45) is 11.8 Å². The van der Waals surface area contributed by atoms with Gasteiger partial charge in [0.1, 0.15) is 11.6 Å². The number of anilines is 1. The van der Waals surface area contributed by atoms with Crippen LogP contribution in [-0.4, -0.2) is 97.4 Å². The van der Waals surface area contributed by atoms with E-state index in [1.807, 2.05) is 71.0 Å². The average molecular weight is 822 g/mol. The molecule has 3 atom stereocenters.